The normalized spacial score (nSPS) is 15.1. The van der Waals surface area contributed by atoms with E-state index in [0.29, 0.717) is 6.42 Å². The highest BCUT2D eigenvalue weighted by atomic mass is 32.2. The molecular formula is C7H17NO3S. The Morgan fingerprint density at radius 2 is 1.92 bits per heavy atom. The molecule has 74 valence electrons. The van der Waals surface area contributed by atoms with Gasteiger partial charge in [0.15, 0.2) is 0 Å². The van der Waals surface area contributed by atoms with E-state index >= 15 is 0 Å². The summed E-state index contributed by atoms with van der Waals surface area (Å²) in [5.41, 5.74) is 0. The predicted octanol–water partition coefficient (Wildman–Crippen LogP) is -0.0574. The molecule has 0 heterocycles. The van der Waals surface area contributed by atoms with Crippen LogP contribution in [-0.4, -0.2) is 32.4 Å². The molecule has 0 aromatic rings. The molecule has 0 saturated carbocycles. The van der Waals surface area contributed by atoms with Crippen LogP contribution < -0.4 is 4.72 Å². The molecule has 0 aliphatic rings. The van der Waals surface area contributed by atoms with Crippen LogP contribution in [0, 0.1) is 5.92 Å². The molecule has 0 aromatic carbocycles. The Morgan fingerprint density at radius 1 is 1.42 bits per heavy atom. The molecule has 12 heavy (non-hydrogen) atoms. The van der Waals surface area contributed by atoms with Crippen molar-refractivity contribution < 1.29 is 13.5 Å². The fraction of sp³-hybridized carbons (Fsp3) is 1.00. The first-order valence-electron chi connectivity index (χ1n) is 3.95. The summed E-state index contributed by atoms with van der Waals surface area (Å²) in [6.45, 7) is 3.84. The predicted molar refractivity (Wildman–Crippen MR) is 48.3 cm³/mol. The first kappa shape index (κ1) is 11.9. The van der Waals surface area contributed by atoms with E-state index in [9.17, 15) is 8.42 Å². The minimum Gasteiger partial charge on any atom is -0.396 e. The molecule has 1 atom stereocenters. The van der Waals surface area contributed by atoms with Gasteiger partial charge in [0, 0.05) is 12.6 Å². The quantitative estimate of drug-likeness (QED) is 0.646. The Hall–Kier alpha value is -0.130. The van der Waals surface area contributed by atoms with Crippen LogP contribution in [0.3, 0.4) is 0 Å². The maximum Gasteiger partial charge on any atom is 0.208 e. The topological polar surface area (TPSA) is 66.4 Å². The Labute approximate surface area is 74.0 Å². The number of hydrogen-bond acceptors (Lipinski definition) is 3. The SMILES string of the molecule is CC(C)C(CCO)NS(C)(=O)=O. The molecule has 0 bridgehead atoms. The molecule has 4 nitrogen and oxygen atoms in total. The van der Waals surface area contributed by atoms with Gasteiger partial charge in [-0.2, -0.15) is 0 Å². The summed E-state index contributed by atoms with van der Waals surface area (Å²) in [5.74, 6) is 0.201. The Morgan fingerprint density at radius 3 is 2.17 bits per heavy atom. The minimum atomic E-state index is -3.15. The molecule has 5 heteroatoms. The third-order valence-electron chi connectivity index (χ3n) is 1.61. The van der Waals surface area contributed by atoms with Crippen LogP contribution in [-0.2, 0) is 10.0 Å². The summed E-state index contributed by atoms with van der Waals surface area (Å²) in [6, 6.07) is -0.162. The second-order valence-corrected chi connectivity index (χ2v) is 5.03. The van der Waals surface area contributed by atoms with Gasteiger partial charge in [-0.15, -0.1) is 0 Å². The first-order chi connectivity index (χ1) is 5.37. The largest absolute Gasteiger partial charge is 0.396 e. The fourth-order valence-electron chi connectivity index (χ4n) is 0.942. The summed E-state index contributed by atoms with van der Waals surface area (Å²) >= 11 is 0. The van der Waals surface area contributed by atoms with Crippen LogP contribution in [0.25, 0.3) is 0 Å². The number of aliphatic hydroxyl groups excluding tert-OH is 1. The van der Waals surface area contributed by atoms with E-state index in [1.165, 1.54) is 0 Å². The highest BCUT2D eigenvalue weighted by Crippen LogP contribution is 2.06. The Kier molecular flexibility index (Phi) is 4.74. The van der Waals surface area contributed by atoms with E-state index in [1.807, 2.05) is 13.8 Å². The van der Waals surface area contributed by atoms with Gasteiger partial charge in [-0.3, -0.25) is 0 Å². The van der Waals surface area contributed by atoms with Crippen molar-refractivity contribution in [2.75, 3.05) is 12.9 Å². The molecule has 0 saturated heterocycles. The van der Waals surface area contributed by atoms with Crippen molar-refractivity contribution in [2.45, 2.75) is 26.3 Å². The second-order valence-electron chi connectivity index (χ2n) is 3.25. The number of hydrogen-bond donors (Lipinski definition) is 2. The van der Waals surface area contributed by atoms with E-state index in [1.54, 1.807) is 0 Å². The maximum atomic E-state index is 10.8. The zero-order valence-corrected chi connectivity index (χ0v) is 8.56. The molecule has 1 unspecified atom stereocenters. The van der Waals surface area contributed by atoms with Crippen molar-refractivity contribution in [3.8, 4) is 0 Å². The van der Waals surface area contributed by atoms with Crippen LogP contribution in [0.2, 0.25) is 0 Å². The van der Waals surface area contributed by atoms with E-state index in [0.717, 1.165) is 6.26 Å². The van der Waals surface area contributed by atoms with Gasteiger partial charge >= 0.3 is 0 Å². The van der Waals surface area contributed by atoms with Gasteiger partial charge in [0.25, 0.3) is 0 Å². The Bertz CT molecular complexity index is 211. The summed E-state index contributed by atoms with van der Waals surface area (Å²) in [5, 5.41) is 8.65. The summed E-state index contributed by atoms with van der Waals surface area (Å²) in [7, 11) is -3.15. The molecule has 2 N–H and O–H groups in total. The molecule has 0 aliphatic carbocycles. The van der Waals surface area contributed by atoms with Crippen molar-refractivity contribution in [2.24, 2.45) is 5.92 Å². The standard InChI is InChI=1S/C7H17NO3S/c1-6(2)7(4-5-9)8-12(3,10)11/h6-9H,4-5H2,1-3H3. The zero-order valence-electron chi connectivity index (χ0n) is 7.74. The summed E-state index contributed by atoms with van der Waals surface area (Å²) in [4.78, 5) is 0. The minimum absolute atomic E-state index is 0.00532. The van der Waals surface area contributed by atoms with Crippen molar-refractivity contribution in [1.29, 1.82) is 0 Å². The van der Waals surface area contributed by atoms with Crippen molar-refractivity contribution in [1.82, 2.24) is 4.72 Å². The lowest BCUT2D eigenvalue weighted by Gasteiger charge is -2.19. The number of nitrogens with one attached hydrogen (secondary N) is 1. The molecular weight excluding hydrogens is 178 g/mol. The third kappa shape index (κ3) is 5.51. The van der Waals surface area contributed by atoms with E-state index in [-0.39, 0.29) is 18.6 Å². The smallest absolute Gasteiger partial charge is 0.208 e. The van der Waals surface area contributed by atoms with Gasteiger partial charge < -0.3 is 5.11 Å². The van der Waals surface area contributed by atoms with E-state index in [4.69, 9.17) is 5.11 Å². The third-order valence-corrected chi connectivity index (χ3v) is 2.34. The van der Waals surface area contributed by atoms with Crippen LogP contribution >= 0.6 is 0 Å². The van der Waals surface area contributed by atoms with Gasteiger partial charge in [-0.1, -0.05) is 13.8 Å². The first-order valence-corrected chi connectivity index (χ1v) is 5.84. The summed E-state index contributed by atoms with van der Waals surface area (Å²) in [6.07, 6.45) is 1.59. The lowest BCUT2D eigenvalue weighted by atomic mass is 10.0. The zero-order chi connectivity index (χ0) is 9.78. The van der Waals surface area contributed by atoms with Gasteiger partial charge in [-0.05, 0) is 12.3 Å². The summed E-state index contributed by atoms with van der Waals surface area (Å²) < 4.78 is 24.1. The Balaban J connectivity index is 4.14. The van der Waals surface area contributed by atoms with Gasteiger partial charge in [-0.25, -0.2) is 13.1 Å². The van der Waals surface area contributed by atoms with Crippen molar-refractivity contribution >= 4 is 10.0 Å². The monoisotopic (exact) mass is 195 g/mol. The van der Waals surface area contributed by atoms with Gasteiger partial charge in [0.1, 0.15) is 0 Å². The highest BCUT2D eigenvalue weighted by molar-refractivity contribution is 7.88. The maximum absolute atomic E-state index is 10.8. The van der Waals surface area contributed by atoms with Crippen LogP contribution in [0.5, 0.6) is 0 Å². The lowest BCUT2D eigenvalue weighted by Crippen LogP contribution is -2.38. The molecule has 0 rings (SSSR count). The van der Waals surface area contributed by atoms with Gasteiger partial charge in [0.05, 0.1) is 6.26 Å². The van der Waals surface area contributed by atoms with Crippen molar-refractivity contribution in [3.63, 3.8) is 0 Å². The number of rotatable bonds is 5. The molecule has 0 radical (unpaired) electrons. The van der Waals surface area contributed by atoms with Crippen molar-refractivity contribution in [3.05, 3.63) is 0 Å². The molecule has 0 amide bonds. The average Bonchev–Trinajstić information content (AvgIpc) is 1.83. The molecule has 0 aliphatic heterocycles. The average molecular weight is 195 g/mol. The van der Waals surface area contributed by atoms with E-state index in [2.05, 4.69) is 4.72 Å². The highest BCUT2D eigenvalue weighted by Gasteiger charge is 2.16. The molecule has 0 fully saturated rings. The van der Waals surface area contributed by atoms with Crippen LogP contribution in [0.1, 0.15) is 20.3 Å². The molecule has 0 spiro atoms. The van der Waals surface area contributed by atoms with Crippen LogP contribution in [0.4, 0.5) is 0 Å². The number of aliphatic hydroxyl groups is 1. The molecule has 0 aromatic heterocycles. The fourth-order valence-corrected chi connectivity index (χ4v) is 1.88. The van der Waals surface area contributed by atoms with E-state index < -0.39 is 10.0 Å². The number of sulfonamides is 1. The van der Waals surface area contributed by atoms with Gasteiger partial charge in [0.2, 0.25) is 10.0 Å². The van der Waals surface area contributed by atoms with Crippen LogP contribution in [0.15, 0.2) is 0 Å². The second kappa shape index (κ2) is 4.79. The lowest BCUT2D eigenvalue weighted by molar-refractivity contribution is 0.256.